The van der Waals surface area contributed by atoms with Crippen molar-refractivity contribution in [3.8, 4) is 5.69 Å². The molecule has 1 aliphatic rings. The molecule has 1 amide bonds. The monoisotopic (exact) mass is 472 g/mol. The Morgan fingerprint density at radius 2 is 1.94 bits per heavy atom. The van der Waals surface area contributed by atoms with Crippen molar-refractivity contribution in [3.63, 3.8) is 0 Å². The molecule has 176 valence electrons. The topological polar surface area (TPSA) is 132 Å². The third-order valence-electron chi connectivity index (χ3n) is 5.58. The van der Waals surface area contributed by atoms with Crippen LogP contribution >= 0.6 is 11.6 Å². The fraction of sp³-hybridized carbons (Fsp3) is 0.381. The van der Waals surface area contributed by atoms with Crippen LogP contribution in [0.1, 0.15) is 10.5 Å². The minimum absolute atomic E-state index is 0.0199. The fourth-order valence-corrected chi connectivity index (χ4v) is 3.67. The Kier molecular flexibility index (Phi) is 7.02. The fourth-order valence-electron chi connectivity index (χ4n) is 3.54. The Hall–Kier alpha value is -3.28. The number of nitrogens with zero attached hydrogens (tertiary/aromatic N) is 5. The maximum atomic E-state index is 12.7. The molecule has 6 N–H and O–H groups in total. The summed E-state index contributed by atoms with van der Waals surface area (Å²) in [7, 11) is 3.97. The van der Waals surface area contributed by atoms with E-state index in [-0.39, 0.29) is 16.7 Å². The first-order valence-electron chi connectivity index (χ1n) is 10.8. The molecule has 4 rings (SSSR count). The van der Waals surface area contributed by atoms with Crippen molar-refractivity contribution < 1.29 is 4.79 Å². The van der Waals surface area contributed by atoms with E-state index < -0.39 is 0 Å². The number of hydrogen-bond donors (Lipinski definition) is 5. The average molecular weight is 473 g/mol. The highest BCUT2D eigenvalue weighted by Crippen LogP contribution is 2.31. The molecule has 1 aromatic carbocycles. The van der Waals surface area contributed by atoms with Crippen LogP contribution in [0.25, 0.3) is 5.69 Å². The summed E-state index contributed by atoms with van der Waals surface area (Å²) < 4.78 is 1.81. The van der Waals surface area contributed by atoms with Gasteiger partial charge < -0.3 is 31.5 Å². The number of H-pyrrole nitrogens is 1. The van der Waals surface area contributed by atoms with Crippen molar-refractivity contribution in [2.24, 2.45) is 0 Å². The number of likely N-dealkylation sites (N-methyl/N-ethyl adjacent to an activating group) is 2. The minimum atomic E-state index is 0.0199. The Balaban J connectivity index is 1.54. The highest BCUT2D eigenvalue weighted by molar-refractivity contribution is 6.32. The van der Waals surface area contributed by atoms with E-state index >= 15 is 0 Å². The van der Waals surface area contributed by atoms with Gasteiger partial charge in [0.1, 0.15) is 17.7 Å². The molecule has 0 saturated carbocycles. The van der Waals surface area contributed by atoms with Gasteiger partial charge in [0.15, 0.2) is 11.0 Å². The van der Waals surface area contributed by atoms with E-state index in [2.05, 4.69) is 43.0 Å². The number of carbonyl (C=O) groups is 1. The van der Waals surface area contributed by atoms with E-state index in [4.69, 9.17) is 17.3 Å². The third kappa shape index (κ3) is 5.21. The number of amides is 1. The molecule has 3 aromatic rings. The molecule has 0 radical (unpaired) electrons. The van der Waals surface area contributed by atoms with Gasteiger partial charge >= 0.3 is 0 Å². The number of benzene rings is 1. The minimum Gasteiger partial charge on any atom is -0.393 e. The van der Waals surface area contributed by atoms with Crippen LogP contribution in [0, 0.1) is 0 Å². The van der Waals surface area contributed by atoms with Gasteiger partial charge in [-0.2, -0.15) is 0 Å². The van der Waals surface area contributed by atoms with Crippen molar-refractivity contribution in [1.29, 1.82) is 0 Å². The largest absolute Gasteiger partial charge is 0.393 e. The van der Waals surface area contributed by atoms with Gasteiger partial charge in [-0.25, -0.2) is 9.97 Å². The zero-order valence-electron chi connectivity index (χ0n) is 18.7. The highest BCUT2D eigenvalue weighted by atomic mass is 35.5. The van der Waals surface area contributed by atoms with Crippen molar-refractivity contribution >= 4 is 40.4 Å². The van der Waals surface area contributed by atoms with Crippen LogP contribution in [0.15, 0.2) is 30.7 Å². The molecule has 11 nitrogen and oxygen atoms in total. The lowest BCUT2D eigenvalue weighted by atomic mass is 10.2. The Morgan fingerprint density at radius 1 is 1.18 bits per heavy atom. The lowest BCUT2D eigenvalue weighted by Gasteiger charge is -2.33. The quantitative estimate of drug-likeness (QED) is 0.246. The number of nitrogens with two attached hydrogens (primary N) is 1. The molecular formula is C21H29ClN10O. The number of rotatable bonds is 8. The van der Waals surface area contributed by atoms with Gasteiger partial charge in [-0.3, -0.25) is 14.6 Å². The standard InChI is InChI=1S/C21H29ClN10O/c1-24-5-6-25-15-4-3-14(11-16(15)28-20-18(23)19(22)26-13-27-20)32-12-17(29-32)21(33)31-9-7-30(2)8-10-31/h3-4,11-13,24-25,29H,5-10,23H2,1-2H3,(H,26,27,28). The van der Waals surface area contributed by atoms with Gasteiger partial charge in [-0.15, -0.1) is 0 Å². The van der Waals surface area contributed by atoms with Gasteiger partial charge in [0, 0.05) is 39.3 Å². The molecule has 0 aliphatic carbocycles. The zero-order valence-corrected chi connectivity index (χ0v) is 19.5. The molecule has 1 saturated heterocycles. The number of anilines is 4. The number of nitrogens with one attached hydrogen (secondary N) is 4. The van der Waals surface area contributed by atoms with Crippen molar-refractivity contribution in [2.45, 2.75) is 0 Å². The maximum Gasteiger partial charge on any atom is 0.273 e. The molecule has 3 heterocycles. The number of nitrogen functional groups attached to an aromatic ring is 1. The maximum absolute atomic E-state index is 12.7. The second-order valence-corrected chi connectivity index (χ2v) is 8.29. The molecule has 0 spiro atoms. The van der Waals surface area contributed by atoms with Crippen LogP contribution in [0.4, 0.5) is 22.9 Å². The molecule has 1 fully saturated rings. The van der Waals surface area contributed by atoms with E-state index in [0.29, 0.717) is 11.5 Å². The Morgan fingerprint density at radius 3 is 2.67 bits per heavy atom. The average Bonchev–Trinajstić information content (AvgIpc) is 2.78. The number of aromatic amines is 1. The van der Waals surface area contributed by atoms with Crippen LogP contribution in [0.2, 0.25) is 5.15 Å². The molecule has 0 bridgehead atoms. The van der Waals surface area contributed by atoms with Crippen molar-refractivity contribution in [3.05, 3.63) is 41.6 Å². The summed E-state index contributed by atoms with van der Waals surface area (Å²) in [5.74, 6) is 0.438. The van der Waals surface area contributed by atoms with E-state index in [9.17, 15) is 4.79 Å². The lowest BCUT2D eigenvalue weighted by molar-refractivity contribution is 0.0651. The van der Waals surface area contributed by atoms with Crippen molar-refractivity contribution in [1.82, 2.24) is 34.9 Å². The SMILES string of the molecule is CNCCNc1ccc(-n2cc(C(=O)N3CCN(C)CC3)[nH]2)cc1Nc1ncnc(Cl)c1N. The molecule has 2 aromatic heterocycles. The summed E-state index contributed by atoms with van der Waals surface area (Å²) >= 11 is 6.05. The van der Waals surface area contributed by atoms with Crippen LogP contribution in [0.3, 0.4) is 0 Å². The summed E-state index contributed by atoms with van der Waals surface area (Å²) in [4.78, 5) is 24.9. The van der Waals surface area contributed by atoms with Gasteiger partial charge in [0.2, 0.25) is 0 Å². The number of carbonyl (C=O) groups excluding carboxylic acids is 1. The highest BCUT2D eigenvalue weighted by Gasteiger charge is 2.23. The van der Waals surface area contributed by atoms with Gasteiger partial charge in [0.05, 0.1) is 23.3 Å². The number of piperazine rings is 1. The summed E-state index contributed by atoms with van der Waals surface area (Å²) in [6.45, 7) is 4.77. The van der Waals surface area contributed by atoms with Crippen LogP contribution in [0.5, 0.6) is 0 Å². The molecular weight excluding hydrogens is 444 g/mol. The van der Waals surface area contributed by atoms with E-state index in [1.54, 1.807) is 0 Å². The predicted octanol–water partition coefficient (Wildman–Crippen LogP) is 1.59. The summed E-state index contributed by atoms with van der Waals surface area (Å²) in [5.41, 5.74) is 9.38. The summed E-state index contributed by atoms with van der Waals surface area (Å²) in [5, 5.41) is 13.1. The van der Waals surface area contributed by atoms with Gasteiger partial charge in [-0.05, 0) is 32.3 Å². The summed E-state index contributed by atoms with van der Waals surface area (Å²) in [6.07, 6.45) is 3.17. The van der Waals surface area contributed by atoms with Crippen LogP contribution in [-0.4, -0.2) is 88.8 Å². The normalized spacial score (nSPS) is 14.5. The first kappa shape index (κ1) is 22.9. The predicted molar refractivity (Wildman–Crippen MR) is 131 cm³/mol. The van der Waals surface area contributed by atoms with E-state index in [0.717, 1.165) is 56.3 Å². The molecule has 12 heteroatoms. The Labute approximate surface area is 197 Å². The third-order valence-corrected chi connectivity index (χ3v) is 5.88. The molecule has 0 unspecified atom stereocenters. The van der Waals surface area contributed by atoms with Crippen LogP contribution in [-0.2, 0) is 0 Å². The van der Waals surface area contributed by atoms with E-state index in [1.165, 1.54) is 6.33 Å². The molecule has 1 aliphatic heterocycles. The lowest BCUT2D eigenvalue weighted by Crippen LogP contribution is -2.47. The zero-order chi connectivity index (χ0) is 23.4. The molecule has 0 atom stereocenters. The van der Waals surface area contributed by atoms with E-state index in [1.807, 2.05) is 41.0 Å². The number of hydrogen-bond acceptors (Lipinski definition) is 8. The number of halogens is 1. The van der Waals surface area contributed by atoms with Gasteiger partial charge in [0.25, 0.3) is 5.91 Å². The Bertz CT molecular complexity index is 1090. The summed E-state index contributed by atoms with van der Waals surface area (Å²) in [6, 6.07) is 5.86. The first-order valence-corrected chi connectivity index (χ1v) is 11.1. The number of aromatic nitrogens is 4. The second kappa shape index (κ2) is 10.1. The smallest absolute Gasteiger partial charge is 0.273 e. The van der Waals surface area contributed by atoms with Gasteiger partial charge in [-0.1, -0.05) is 11.6 Å². The van der Waals surface area contributed by atoms with Crippen molar-refractivity contribution in [2.75, 3.05) is 69.7 Å². The second-order valence-electron chi connectivity index (χ2n) is 7.93. The molecule has 33 heavy (non-hydrogen) atoms. The van der Waals surface area contributed by atoms with Crippen LogP contribution < -0.4 is 21.7 Å². The first-order chi connectivity index (χ1) is 16.0.